The van der Waals surface area contributed by atoms with E-state index in [2.05, 4.69) is 30.6 Å². The van der Waals surface area contributed by atoms with Gasteiger partial charge in [0.15, 0.2) is 5.96 Å². The Bertz CT molecular complexity index is 725. The second kappa shape index (κ2) is 11.7. The number of aryl methyl sites for hydroxylation is 1. The lowest BCUT2D eigenvalue weighted by atomic mass is 10.2. The van der Waals surface area contributed by atoms with Gasteiger partial charge >= 0.3 is 6.61 Å². The van der Waals surface area contributed by atoms with Crippen LogP contribution in [0.2, 0.25) is 0 Å². The van der Waals surface area contributed by atoms with Gasteiger partial charge in [0.25, 0.3) is 0 Å². The summed E-state index contributed by atoms with van der Waals surface area (Å²) in [6.45, 7) is 1.50. The van der Waals surface area contributed by atoms with Gasteiger partial charge in [-0.3, -0.25) is 0 Å². The largest absolute Gasteiger partial charge is 0.497 e. The van der Waals surface area contributed by atoms with E-state index in [9.17, 15) is 8.78 Å². The van der Waals surface area contributed by atoms with Gasteiger partial charge in [-0.15, -0.1) is 10.2 Å². The van der Waals surface area contributed by atoms with Crippen molar-refractivity contribution in [1.82, 2.24) is 25.4 Å². The number of aliphatic imine (C=N–C) groups is 1. The first kappa shape index (κ1) is 21.4. The Morgan fingerprint density at radius 1 is 1.21 bits per heavy atom. The molecule has 28 heavy (non-hydrogen) atoms. The fourth-order valence-corrected chi connectivity index (χ4v) is 2.49. The molecule has 0 spiro atoms. The number of unbranched alkanes of at least 4 members (excludes halogenated alkanes) is 1. The summed E-state index contributed by atoms with van der Waals surface area (Å²) in [5.74, 6) is 1.25. The average Bonchev–Trinajstić information content (AvgIpc) is 3.19. The van der Waals surface area contributed by atoms with Crippen molar-refractivity contribution in [2.45, 2.75) is 39.5 Å². The number of nitrogens with zero attached hydrogens (tertiary/aromatic N) is 4. The molecule has 0 fully saturated rings. The fraction of sp³-hybridized carbons (Fsp3) is 0.500. The molecule has 154 valence electrons. The maximum absolute atomic E-state index is 12.6. The second-order valence-electron chi connectivity index (χ2n) is 5.88. The Hall–Kier alpha value is -2.91. The molecule has 1 aromatic carbocycles. The summed E-state index contributed by atoms with van der Waals surface area (Å²) in [6.07, 6.45) is 5.27. The maximum atomic E-state index is 12.6. The fourth-order valence-electron chi connectivity index (χ4n) is 2.49. The first-order valence-corrected chi connectivity index (χ1v) is 9.08. The molecule has 2 rings (SSSR count). The van der Waals surface area contributed by atoms with Crippen molar-refractivity contribution in [2.75, 3.05) is 20.2 Å². The van der Waals surface area contributed by atoms with Crippen molar-refractivity contribution >= 4 is 5.96 Å². The van der Waals surface area contributed by atoms with Crippen molar-refractivity contribution < 1.29 is 18.3 Å². The Labute approximate surface area is 163 Å². The number of guanidine groups is 1. The monoisotopic (exact) mass is 396 g/mol. The molecule has 2 N–H and O–H groups in total. The van der Waals surface area contributed by atoms with Crippen LogP contribution in [0.15, 0.2) is 35.8 Å². The predicted octanol–water partition coefficient (Wildman–Crippen LogP) is 2.42. The highest BCUT2D eigenvalue weighted by Gasteiger charge is 2.11. The quantitative estimate of drug-likeness (QED) is 0.345. The van der Waals surface area contributed by atoms with Crippen molar-refractivity contribution in [3.05, 3.63) is 36.4 Å². The van der Waals surface area contributed by atoms with Crippen molar-refractivity contribution in [2.24, 2.45) is 4.99 Å². The van der Waals surface area contributed by atoms with Gasteiger partial charge in [-0.2, -0.15) is 8.78 Å². The van der Waals surface area contributed by atoms with E-state index in [-0.39, 0.29) is 12.3 Å². The van der Waals surface area contributed by atoms with E-state index in [0.717, 1.165) is 25.9 Å². The highest BCUT2D eigenvalue weighted by Crippen LogP contribution is 2.26. The third kappa shape index (κ3) is 7.37. The lowest BCUT2D eigenvalue weighted by molar-refractivity contribution is -0.0504. The molecule has 0 aliphatic rings. The van der Waals surface area contributed by atoms with Crippen molar-refractivity contribution in [3.63, 3.8) is 0 Å². The van der Waals surface area contributed by atoms with Crippen LogP contribution in [0.4, 0.5) is 8.78 Å². The molecular weight excluding hydrogens is 370 g/mol. The number of benzene rings is 1. The molecule has 8 nitrogen and oxygen atoms in total. The summed E-state index contributed by atoms with van der Waals surface area (Å²) >= 11 is 0. The van der Waals surface area contributed by atoms with E-state index in [1.165, 1.54) is 13.2 Å². The topological polar surface area (TPSA) is 85.6 Å². The summed E-state index contributed by atoms with van der Waals surface area (Å²) in [5.41, 5.74) is 0.518. The van der Waals surface area contributed by atoms with Gasteiger partial charge in [0.1, 0.15) is 24.2 Å². The Morgan fingerprint density at radius 2 is 2.00 bits per heavy atom. The third-order valence-electron chi connectivity index (χ3n) is 3.84. The van der Waals surface area contributed by atoms with E-state index in [1.807, 2.05) is 11.5 Å². The number of hydrogen-bond acceptors (Lipinski definition) is 5. The minimum Gasteiger partial charge on any atom is -0.497 e. The van der Waals surface area contributed by atoms with Crippen LogP contribution in [0.25, 0.3) is 0 Å². The highest BCUT2D eigenvalue weighted by molar-refractivity contribution is 5.79. The molecule has 10 heteroatoms. The lowest BCUT2D eigenvalue weighted by Gasteiger charge is -2.13. The van der Waals surface area contributed by atoms with Gasteiger partial charge in [0, 0.05) is 25.2 Å². The van der Waals surface area contributed by atoms with Crippen LogP contribution in [0.1, 0.15) is 25.3 Å². The zero-order valence-electron chi connectivity index (χ0n) is 16.1. The SMILES string of the molecule is CCNC(=NCc1cc(OC)ccc1OC(F)F)NCCCCn1cnnc1. The first-order chi connectivity index (χ1) is 13.6. The number of ether oxygens (including phenoxy) is 2. The number of halogens is 2. The standard InChI is InChI=1S/C18H26F2N6O2/c1-3-21-18(22-8-4-5-9-26-12-24-25-13-26)23-11-14-10-15(27-2)6-7-16(14)28-17(19)20/h6-7,10,12-13,17H,3-5,8-9,11H2,1-2H3,(H2,21,22,23). The van der Waals surface area contributed by atoms with Gasteiger partial charge in [-0.25, -0.2) is 4.99 Å². The number of nitrogens with one attached hydrogen (secondary N) is 2. The summed E-state index contributed by atoms with van der Waals surface area (Å²) in [6, 6.07) is 4.68. The molecule has 0 amide bonds. The van der Waals surface area contributed by atoms with Crippen LogP contribution < -0.4 is 20.1 Å². The Balaban J connectivity index is 1.91. The third-order valence-corrected chi connectivity index (χ3v) is 3.84. The molecule has 0 aliphatic carbocycles. The zero-order valence-corrected chi connectivity index (χ0v) is 16.1. The zero-order chi connectivity index (χ0) is 20.2. The molecular formula is C18H26F2N6O2. The van der Waals surface area contributed by atoms with Crippen LogP contribution in [-0.2, 0) is 13.1 Å². The molecule has 2 aromatic rings. The Kier molecular flexibility index (Phi) is 8.96. The molecule has 0 radical (unpaired) electrons. The van der Waals surface area contributed by atoms with E-state index >= 15 is 0 Å². The molecule has 0 saturated carbocycles. The van der Waals surface area contributed by atoms with Gasteiger partial charge in [0.2, 0.25) is 0 Å². The predicted molar refractivity (Wildman–Crippen MR) is 102 cm³/mol. The second-order valence-corrected chi connectivity index (χ2v) is 5.88. The van der Waals surface area contributed by atoms with Crippen LogP contribution in [-0.4, -0.2) is 47.5 Å². The summed E-state index contributed by atoms with van der Waals surface area (Å²) in [5, 5.41) is 13.9. The normalized spacial score (nSPS) is 11.5. The minimum atomic E-state index is -2.90. The summed E-state index contributed by atoms with van der Waals surface area (Å²) in [7, 11) is 1.52. The molecule has 0 aliphatic heterocycles. The van der Waals surface area contributed by atoms with Crippen LogP contribution in [0.3, 0.4) is 0 Å². The molecule has 1 heterocycles. The number of methoxy groups -OCH3 is 1. The molecule has 1 aromatic heterocycles. The van der Waals surface area contributed by atoms with Crippen LogP contribution in [0.5, 0.6) is 11.5 Å². The van der Waals surface area contributed by atoms with Crippen molar-refractivity contribution in [1.29, 1.82) is 0 Å². The van der Waals surface area contributed by atoms with E-state index < -0.39 is 6.61 Å². The average molecular weight is 396 g/mol. The van der Waals surface area contributed by atoms with E-state index in [0.29, 0.717) is 23.8 Å². The summed E-state index contributed by atoms with van der Waals surface area (Å²) < 4.78 is 36.9. The number of rotatable bonds is 11. The molecule has 0 atom stereocenters. The molecule has 0 bridgehead atoms. The first-order valence-electron chi connectivity index (χ1n) is 9.08. The maximum Gasteiger partial charge on any atom is 0.387 e. The van der Waals surface area contributed by atoms with Gasteiger partial charge in [-0.1, -0.05) is 0 Å². The molecule has 0 saturated heterocycles. The minimum absolute atomic E-state index is 0.0874. The van der Waals surface area contributed by atoms with Gasteiger partial charge < -0.3 is 24.7 Å². The van der Waals surface area contributed by atoms with Gasteiger partial charge in [-0.05, 0) is 38.0 Å². The number of aromatic nitrogens is 3. The van der Waals surface area contributed by atoms with Crippen molar-refractivity contribution in [3.8, 4) is 11.5 Å². The lowest BCUT2D eigenvalue weighted by Crippen LogP contribution is -2.37. The Morgan fingerprint density at radius 3 is 2.68 bits per heavy atom. The van der Waals surface area contributed by atoms with E-state index in [4.69, 9.17) is 4.74 Å². The van der Waals surface area contributed by atoms with E-state index in [1.54, 1.807) is 24.8 Å². The number of hydrogen-bond donors (Lipinski definition) is 2. The smallest absolute Gasteiger partial charge is 0.387 e. The van der Waals surface area contributed by atoms with Crippen LogP contribution in [0, 0.1) is 0 Å². The number of alkyl halides is 2. The summed E-state index contributed by atoms with van der Waals surface area (Å²) in [4.78, 5) is 4.46. The highest BCUT2D eigenvalue weighted by atomic mass is 19.3. The molecule has 0 unspecified atom stereocenters. The van der Waals surface area contributed by atoms with Crippen LogP contribution >= 0.6 is 0 Å². The van der Waals surface area contributed by atoms with Gasteiger partial charge in [0.05, 0.1) is 13.7 Å².